The lowest BCUT2D eigenvalue weighted by Crippen LogP contribution is -2.42. The minimum Gasteiger partial charge on any atom is -0.368 e. The molecule has 6 heteroatoms. The molecule has 0 aromatic carbocycles. The summed E-state index contributed by atoms with van der Waals surface area (Å²) in [4.78, 5) is 21.6. The van der Waals surface area contributed by atoms with Gasteiger partial charge in [-0.3, -0.25) is 9.59 Å². The number of amides is 2. The molecule has 80 valence electrons. The monoisotopic (exact) mass is 217 g/mol. The number of carbonyl (C=O) groups is 2. The maximum Gasteiger partial charge on any atom is 0.236 e. The van der Waals surface area contributed by atoms with Crippen LogP contribution in [-0.4, -0.2) is 42.5 Å². The molecule has 4 N–H and O–H groups in total. The molecule has 0 aromatic heterocycles. The van der Waals surface area contributed by atoms with Gasteiger partial charge in [-0.15, -0.1) is 0 Å². The van der Waals surface area contributed by atoms with E-state index in [2.05, 4.69) is 10.6 Å². The van der Waals surface area contributed by atoms with E-state index in [4.69, 9.17) is 5.73 Å². The zero-order valence-electron chi connectivity index (χ0n) is 7.91. The van der Waals surface area contributed by atoms with Crippen molar-refractivity contribution in [2.45, 2.75) is 12.5 Å². The van der Waals surface area contributed by atoms with Crippen LogP contribution >= 0.6 is 11.8 Å². The van der Waals surface area contributed by atoms with E-state index in [1.165, 1.54) is 0 Å². The smallest absolute Gasteiger partial charge is 0.236 e. The van der Waals surface area contributed by atoms with Crippen LogP contribution in [0.4, 0.5) is 0 Å². The van der Waals surface area contributed by atoms with Crippen molar-refractivity contribution in [1.29, 1.82) is 0 Å². The number of hydrogen-bond acceptors (Lipinski definition) is 4. The zero-order valence-corrected chi connectivity index (χ0v) is 8.73. The zero-order chi connectivity index (χ0) is 10.4. The fourth-order valence-corrected chi connectivity index (χ4v) is 2.18. The first-order valence-electron chi connectivity index (χ1n) is 4.54. The molecule has 1 heterocycles. The number of nitrogens with two attached hydrogens (primary N) is 1. The van der Waals surface area contributed by atoms with Gasteiger partial charge in [0.25, 0.3) is 0 Å². The lowest BCUT2D eigenvalue weighted by molar-refractivity contribution is -0.125. The van der Waals surface area contributed by atoms with E-state index in [1.807, 2.05) is 11.8 Å². The second-order valence-corrected chi connectivity index (χ2v) is 4.32. The first-order valence-corrected chi connectivity index (χ1v) is 5.70. The Bertz CT molecular complexity index is 217. The predicted octanol–water partition coefficient (Wildman–Crippen LogP) is -1.32. The lowest BCUT2D eigenvalue weighted by Gasteiger charge is -2.22. The van der Waals surface area contributed by atoms with Crippen molar-refractivity contribution < 1.29 is 9.59 Å². The molecule has 0 radical (unpaired) electrons. The van der Waals surface area contributed by atoms with Crippen molar-refractivity contribution in [2.75, 3.05) is 24.6 Å². The van der Waals surface area contributed by atoms with E-state index in [9.17, 15) is 9.59 Å². The summed E-state index contributed by atoms with van der Waals surface area (Å²) in [5, 5.41) is 5.71. The van der Waals surface area contributed by atoms with E-state index in [0.717, 1.165) is 18.1 Å². The Balaban J connectivity index is 2.15. The third-order valence-electron chi connectivity index (χ3n) is 1.89. The van der Waals surface area contributed by atoms with Gasteiger partial charge in [-0.25, -0.2) is 0 Å². The van der Waals surface area contributed by atoms with Crippen molar-refractivity contribution in [3.63, 3.8) is 0 Å². The molecule has 0 bridgehead atoms. The molecule has 0 spiro atoms. The number of primary amides is 1. The Kier molecular flexibility index (Phi) is 4.75. The van der Waals surface area contributed by atoms with Gasteiger partial charge >= 0.3 is 0 Å². The average molecular weight is 217 g/mol. The summed E-state index contributed by atoms with van der Waals surface area (Å²) in [7, 11) is 0. The normalized spacial score (nSPS) is 21.6. The summed E-state index contributed by atoms with van der Waals surface area (Å²) in [6.07, 6.45) is 0.417. The van der Waals surface area contributed by atoms with Crippen LogP contribution in [0.25, 0.3) is 0 Å². The van der Waals surface area contributed by atoms with Crippen LogP contribution in [0.2, 0.25) is 0 Å². The number of rotatable bonds is 4. The van der Waals surface area contributed by atoms with Crippen molar-refractivity contribution in [1.82, 2.24) is 10.6 Å². The summed E-state index contributed by atoms with van der Waals surface area (Å²) in [6.45, 7) is 0.872. The topological polar surface area (TPSA) is 84.2 Å². The molecule has 1 saturated heterocycles. The number of nitrogens with one attached hydrogen (secondary N) is 2. The van der Waals surface area contributed by atoms with Crippen LogP contribution < -0.4 is 16.4 Å². The van der Waals surface area contributed by atoms with Crippen LogP contribution in [0, 0.1) is 0 Å². The maximum atomic E-state index is 11.2. The second kappa shape index (κ2) is 5.87. The van der Waals surface area contributed by atoms with Crippen LogP contribution in [0.5, 0.6) is 0 Å². The van der Waals surface area contributed by atoms with Crippen LogP contribution in [0.15, 0.2) is 0 Å². The molecule has 0 saturated carbocycles. The highest BCUT2D eigenvalue weighted by Gasteiger charge is 2.16. The SMILES string of the molecule is NC(=O)CNC(=O)CC1CSCCN1. The fraction of sp³-hybridized carbons (Fsp3) is 0.750. The van der Waals surface area contributed by atoms with Gasteiger partial charge in [0.1, 0.15) is 0 Å². The third kappa shape index (κ3) is 4.48. The van der Waals surface area contributed by atoms with Gasteiger partial charge in [0, 0.05) is 30.5 Å². The van der Waals surface area contributed by atoms with Gasteiger partial charge in [-0.1, -0.05) is 0 Å². The Labute approximate surface area is 87.2 Å². The highest BCUT2D eigenvalue weighted by atomic mass is 32.2. The van der Waals surface area contributed by atoms with E-state index >= 15 is 0 Å². The number of carbonyl (C=O) groups excluding carboxylic acids is 2. The fourth-order valence-electron chi connectivity index (χ4n) is 1.23. The quantitative estimate of drug-likeness (QED) is 0.545. The molecule has 1 fully saturated rings. The average Bonchev–Trinajstić information content (AvgIpc) is 2.16. The van der Waals surface area contributed by atoms with E-state index in [1.54, 1.807) is 0 Å². The molecular weight excluding hydrogens is 202 g/mol. The lowest BCUT2D eigenvalue weighted by atomic mass is 10.2. The molecule has 1 aliphatic heterocycles. The largest absolute Gasteiger partial charge is 0.368 e. The third-order valence-corrected chi connectivity index (χ3v) is 3.02. The molecule has 2 amide bonds. The van der Waals surface area contributed by atoms with Gasteiger partial charge in [0.05, 0.1) is 6.54 Å². The van der Waals surface area contributed by atoms with Crippen molar-refractivity contribution >= 4 is 23.6 Å². The van der Waals surface area contributed by atoms with Gasteiger partial charge < -0.3 is 16.4 Å². The van der Waals surface area contributed by atoms with Crippen molar-refractivity contribution in [2.24, 2.45) is 5.73 Å². The van der Waals surface area contributed by atoms with Crippen LogP contribution in [0.3, 0.4) is 0 Å². The Morgan fingerprint density at radius 2 is 2.36 bits per heavy atom. The Morgan fingerprint density at radius 1 is 1.57 bits per heavy atom. The first kappa shape index (κ1) is 11.3. The molecule has 5 nitrogen and oxygen atoms in total. The van der Waals surface area contributed by atoms with E-state index in [-0.39, 0.29) is 18.5 Å². The second-order valence-electron chi connectivity index (χ2n) is 3.17. The molecule has 1 atom stereocenters. The van der Waals surface area contributed by atoms with E-state index in [0.29, 0.717) is 6.42 Å². The van der Waals surface area contributed by atoms with Crippen molar-refractivity contribution in [3.8, 4) is 0 Å². The molecule has 1 unspecified atom stereocenters. The predicted molar refractivity (Wildman–Crippen MR) is 55.9 cm³/mol. The molecular formula is C8H15N3O2S. The minimum absolute atomic E-state index is 0.0707. The first-order chi connectivity index (χ1) is 6.68. The van der Waals surface area contributed by atoms with Gasteiger partial charge in [0.2, 0.25) is 11.8 Å². The number of thioether (sulfide) groups is 1. The van der Waals surface area contributed by atoms with Crippen LogP contribution in [0.1, 0.15) is 6.42 Å². The van der Waals surface area contributed by atoms with Gasteiger partial charge in [-0.2, -0.15) is 11.8 Å². The van der Waals surface area contributed by atoms with Gasteiger partial charge in [-0.05, 0) is 0 Å². The molecule has 1 rings (SSSR count). The molecule has 0 aromatic rings. The number of hydrogen-bond donors (Lipinski definition) is 3. The van der Waals surface area contributed by atoms with E-state index < -0.39 is 5.91 Å². The summed E-state index contributed by atoms with van der Waals surface area (Å²) in [6, 6.07) is 0.224. The molecule has 0 aliphatic carbocycles. The summed E-state index contributed by atoms with van der Waals surface area (Å²) >= 11 is 1.84. The molecule has 1 aliphatic rings. The Hall–Kier alpha value is -0.750. The highest BCUT2D eigenvalue weighted by molar-refractivity contribution is 7.99. The van der Waals surface area contributed by atoms with Crippen molar-refractivity contribution in [3.05, 3.63) is 0 Å². The maximum absolute atomic E-state index is 11.2. The van der Waals surface area contributed by atoms with Crippen LogP contribution in [-0.2, 0) is 9.59 Å². The standard InChI is InChI=1S/C8H15N3O2S/c9-7(12)4-11-8(13)3-6-5-14-2-1-10-6/h6,10H,1-5H2,(H2,9,12)(H,11,13). The summed E-state index contributed by atoms with van der Waals surface area (Å²) in [5.41, 5.74) is 4.90. The molecule has 14 heavy (non-hydrogen) atoms. The summed E-state index contributed by atoms with van der Waals surface area (Å²) < 4.78 is 0. The van der Waals surface area contributed by atoms with Gasteiger partial charge in [0.15, 0.2) is 0 Å². The highest BCUT2D eigenvalue weighted by Crippen LogP contribution is 2.09. The minimum atomic E-state index is -0.510. The summed E-state index contributed by atoms with van der Waals surface area (Å²) in [5.74, 6) is 1.41. The Morgan fingerprint density at radius 3 is 2.93 bits per heavy atom.